The molecule has 37 heavy (non-hydrogen) atoms. The monoisotopic (exact) mass is 506 g/mol. The zero-order valence-corrected chi connectivity index (χ0v) is 21.3. The van der Waals surface area contributed by atoms with Gasteiger partial charge in [0.1, 0.15) is 18.1 Å². The van der Waals surface area contributed by atoms with Crippen LogP contribution < -0.4 is 24.4 Å². The molecule has 0 bridgehead atoms. The van der Waals surface area contributed by atoms with E-state index in [2.05, 4.69) is 36.9 Å². The van der Waals surface area contributed by atoms with Crippen molar-refractivity contribution in [3.8, 4) is 11.5 Å². The van der Waals surface area contributed by atoms with Crippen molar-refractivity contribution < 1.29 is 9.47 Å². The predicted octanol–water partition coefficient (Wildman–Crippen LogP) is 4.89. The van der Waals surface area contributed by atoms with Gasteiger partial charge in [-0.3, -0.25) is 9.36 Å². The first-order valence-corrected chi connectivity index (χ1v) is 13.1. The first kappa shape index (κ1) is 23.3. The van der Waals surface area contributed by atoms with Crippen molar-refractivity contribution in [3.63, 3.8) is 0 Å². The maximum atomic E-state index is 13.9. The Hall–Kier alpha value is -4.16. The van der Waals surface area contributed by atoms with Crippen molar-refractivity contribution in [2.45, 2.75) is 18.9 Å². The topological polar surface area (TPSA) is 52.8 Å². The second-order valence-electron chi connectivity index (χ2n) is 9.06. The van der Waals surface area contributed by atoms with Crippen LogP contribution in [0.3, 0.4) is 0 Å². The van der Waals surface area contributed by atoms with E-state index >= 15 is 0 Å². The summed E-state index contributed by atoms with van der Waals surface area (Å²) in [6.45, 7) is 4.14. The Kier molecular flexibility index (Phi) is 6.10. The highest BCUT2D eigenvalue weighted by Gasteiger charge is 2.32. The zero-order valence-electron chi connectivity index (χ0n) is 20.5. The number of thiazole rings is 1. The van der Waals surface area contributed by atoms with Gasteiger partial charge in [-0.2, -0.15) is 0 Å². The molecule has 1 atom stereocenters. The number of methoxy groups -OCH3 is 1. The molecule has 0 saturated heterocycles. The van der Waals surface area contributed by atoms with E-state index in [1.54, 1.807) is 13.2 Å². The summed E-state index contributed by atoms with van der Waals surface area (Å²) in [5.74, 6) is 1.54. The molecule has 6 rings (SSSR count). The fourth-order valence-corrected chi connectivity index (χ4v) is 6.10. The van der Waals surface area contributed by atoms with Gasteiger partial charge in [-0.25, -0.2) is 4.99 Å². The Morgan fingerprint density at radius 1 is 1.05 bits per heavy atom. The molecule has 1 aliphatic heterocycles. The summed E-state index contributed by atoms with van der Waals surface area (Å²) in [5, 5.41) is 0. The van der Waals surface area contributed by atoms with Crippen molar-refractivity contribution in [2.24, 2.45) is 4.99 Å². The van der Waals surface area contributed by atoms with Crippen LogP contribution in [0.2, 0.25) is 0 Å². The van der Waals surface area contributed by atoms with Crippen LogP contribution in [-0.4, -0.2) is 18.3 Å². The highest BCUT2D eigenvalue weighted by molar-refractivity contribution is 7.07. The van der Waals surface area contributed by atoms with Gasteiger partial charge in [0, 0.05) is 5.56 Å². The molecule has 5 nitrogen and oxygen atoms in total. The Labute approximate surface area is 219 Å². The number of aryl methyl sites for hydroxylation is 1. The quantitative estimate of drug-likeness (QED) is 0.350. The van der Waals surface area contributed by atoms with E-state index in [0.717, 1.165) is 46.7 Å². The average molecular weight is 507 g/mol. The van der Waals surface area contributed by atoms with Gasteiger partial charge in [0.05, 0.1) is 23.4 Å². The SMILES string of the molecule is C=CCOc1ccc(/C=c2\sc3n(c2=O)[C@@H](c2cccc(OC)c2)C2=C(N=3)c3ccccc3CC2)cc1. The third-order valence-electron chi connectivity index (χ3n) is 6.83. The van der Waals surface area contributed by atoms with Crippen molar-refractivity contribution in [2.75, 3.05) is 13.7 Å². The van der Waals surface area contributed by atoms with Crippen LogP contribution in [0.25, 0.3) is 11.8 Å². The summed E-state index contributed by atoms with van der Waals surface area (Å²) in [7, 11) is 1.67. The average Bonchev–Trinajstić information content (AvgIpc) is 3.25. The van der Waals surface area contributed by atoms with E-state index in [1.165, 1.54) is 22.5 Å². The van der Waals surface area contributed by atoms with Gasteiger partial charge < -0.3 is 9.47 Å². The fraction of sp³-hybridized carbons (Fsp3) is 0.161. The molecule has 2 heterocycles. The van der Waals surface area contributed by atoms with E-state index in [-0.39, 0.29) is 11.6 Å². The molecule has 0 amide bonds. The lowest BCUT2D eigenvalue weighted by Crippen LogP contribution is -2.38. The van der Waals surface area contributed by atoms with Crippen LogP contribution in [0.15, 0.2) is 101 Å². The van der Waals surface area contributed by atoms with E-state index in [1.807, 2.05) is 53.1 Å². The number of nitrogens with zero attached hydrogens (tertiary/aromatic N) is 2. The van der Waals surface area contributed by atoms with Crippen LogP contribution in [-0.2, 0) is 6.42 Å². The van der Waals surface area contributed by atoms with E-state index in [4.69, 9.17) is 14.5 Å². The summed E-state index contributed by atoms with van der Waals surface area (Å²) in [6.07, 6.45) is 5.43. The molecule has 184 valence electrons. The third kappa shape index (κ3) is 4.23. The van der Waals surface area contributed by atoms with Gasteiger partial charge in [0.25, 0.3) is 5.56 Å². The van der Waals surface area contributed by atoms with Crippen LogP contribution >= 0.6 is 11.3 Å². The minimum atomic E-state index is -0.230. The second kappa shape index (κ2) is 9.71. The largest absolute Gasteiger partial charge is 0.497 e. The maximum Gasteiger partial charge on any atom is 0.271 e. The molecule has 1 aromatic heterocycles. The van der Waals surface area contributed by atoms with Gasteiger partial charge in [0.15, 0.2) is 4.80 Å². The third-order valence-corrected chi connectivity index (χ3v) is 7.81. The van der Waals surface area contributed by atoms with Crippen molar-refractivity contribution >= 4 is 23.1 Å². The lowest BCUT2D eigenvalue weighted by atomic mass is 9.83. The second-order valence-corrected chi connectivity index (χ2v) is 10.1. The number of hydrogen-bond donors (Lipinski definition) is 0. The summed E-state index contributed by atoms with van der Waals surface area (Å²) >= 11 is 1.43. The van der Waals surface area contributed by atoms with Crippen LogP contribution in [0.1, 0.15) is 34.7 Å². The fourth-order valence-electron chi connectivity index (χ4n) is 5.10. The number of allylic oxidation sites excluding steroid dienone is 1. The van der Waals surface area contributed by atoms with Crippen LogP contribution in [0.5, 0.6) is 11.5 Å². The Bertz CT molecular complexity index is 1710. The summed E-state index contributed by atoms with van der Waals surface area (Å²) in [6, 6.07) is 24.0. The number of fused-ring (bicyclic) bond motifs is 3. The summed E-state index contributed by atoms with van der Waals surface area (Å²) in [4.78, 5) is 19.7. The van der Waals surface area contributed by atoms with Gasteiger partial charge >= 0.3 is 0 Å². The normalized spacial score (nSPS) is 16.4. The molecule has 4 aromatic rings. The summed E-state index contributed by atoms with van der Waals surface area (Å²) < 4.78 is 13.6. The number of benzene rings is 3. The Balaban J connectivity index is 1.53. The predicted molar refractivity (Wildman–Crippen MR) is 148 cm³/mol. The first-order valence-electron chi connectivity index (χ1n) is 12.3. The molecule has 0 saturated carbocycles. The molecule has 0 unspecified atom stereocenters. The minimum Gasteiger partial charge on any atom is -0.497 e. The van der Waals surface area contributed by atoms with Crippen molar-refractivity contribution in [1.29, 1.82) is 0 Å². The van der Waals surface area contributed by atoms with E-state index < -0.39 is 0 Å². The van der Waals surface area contributed by atoms with E-state index in [9.17, 15) is 4.79 Å². The number of hydrogen-bond acceptors (Lipinski definition) is 5. The molecule has 2 aliphatic rings. The lowest BCUT2D eigenvalue weighted by Gasteiger charge is -2.31. The number of rotatable bonds is 6. The molecular formula is C31H26N2O3S. The number of ether oxygens (including phenoxy) is 2. The standard InChI is InChI=1S/C31H26N2O3S/c1-3-17-36-23-14-11-20(12-15-23)18-27-30(34)33-29(22-8-6-9-24(19-22)35-2)26-16-13-21-7-4-5-10-25(21)28(26)32-31(33)37-27/h3-12,14-15,18-19,29H,1,13,16-17H2,2H3/b27-18-/t29-/m0/s1. The molecule has 0 spiro atoms. The molecule has 3 aromatic carbocycles. The number of aromatic nitrogens is 1. The van der Waals surface area contributed by atoms with Crippen molar-refractivity contribution in [1.82, 2.24) is 4.57 Å². The lowest BCUT2D eigenvalue weighted by molar-refractivity contribution is 0.363. The van der Waals surface area contributed by atoms with Gasteiger partial charge in [-0.05, 0) is 65.4 Å². The highest BCUT2D eigenvalue weighted by atomic mass is 32.1. The molecule has 6 heteroatoms. The van der Waals surface area contributed by atoms with Crippen molar-refractivity contribution in [3.05, 3.63) is 133 Å². The molecule has 1 aliphatic carbocycles. The maximum absolute atomic E-state index is 13.9. The Morgan fingerprint density at radius 2 is 1.89 bits per heavy atom. The van der Waals surface area contributed by atoms with Gasteiger partial charge in [-0.15, -0.1) is 0 Å². The molecular weight excluding hydrogens is 480 g/mol. The van der Waals surface area contributed by atoms with E-state index in [0.29, 0.717) is 15.9 Å². The van der Waals surface area contributed by atoms with Crippen LogP contribution in [0, 0.1) is 0 Å². The van der Waals surface area contributed by atoms with Gasteiger partial charge in [-0.1, -0.05) is 72.5 Å². The summed E-state index contributed by atoms with van der Waals surface area (Å²) in [5.41, 5.74) is 6.55. The van der Waals surface area contributed by atoms with Crippen LogP contribution in [0.4, 0.5) is 0 Å². The Morgan fingerprint density at radius 3 is 2.70 bits per heavy atom. The molecule has 0 N–H and O–H groups in total. The molecule has 0 radical (unpaired) electrons. The first-order chi connectivity index (χ1) is 18.2. The zero-order chi connectivity index (χ0) is 25.4. The smallest absolute Gasteiger partial charge is 0.271 e. The minimum absolute atomic E-state index is 0.0334. The molecule has 0 fully saturated rings. The van der Waals surface area contributed by atoms with Gasteiger partial charge in [0.2, 0.25) is 0 Å². The highest BCUT2D eigenvalue weighted by Crippen LogP contribution is 2.41.